The summed E-state index contributed by atoms with van der Waals surface area (Å²) in [6.07, 6.45) is -9.32. The fraction of sp³-hybridized carbons (Fsp3) is 0.700. The van der Waals surface area contributed by atoms with Gasteiger partial charge >= 0.3 is 17.6 Å². The molecule has 5 N–H and O–H groups in total. The molecule has 37 heavy (non-hydrogen) atoms. The maximum absolute atomic E-state index is 12.1. The molecule has 3 heterocycles. The third kappa shape index (κ3) is 6.92. The first-order chi connectivity index (χ1) is 17.5. The lowest BCUT2D eigenvalue weighted by atomic mass is 9.99. The average molecular weight is 529 g/mol. The molecular formula is C20H27N5O12. The highest BCUT2D eigenvalue weighted by Gasteiger charge is 2.43. The Kier molecular flexibility index (Phi) is 9.39. The number of aromatic nitrogens is 2. The van der Waals surface area contributed by atoms with Crippen LogP contribution in [0, 0.1) is 6.92 Å². The molecule has 17 nitrogen and oxygen atoms in total. The molecule has 2 saturated heterocycles. The van der Waals surface area contributed by atoms with E-state index < -0.39 is 91.7 Å². The lowest BCUT2D eigenvalue weighted by Crippen LogP contribution is -2.58. The van der Waals surface area contributed by atoms with Gasteiger partial charge in [0.15, 0.2) is 6.29 Å². The van der Waals surface area contributed by atoms with Crippen LogP contribution >= 0.6 is 0 Å². The molecule has 204 valence electrons. The minimum Gasteiger partial charge on any atom is -0.463 e. The number of H-pyrrole nitrogens is 1. The van der Waals surface area contributed by atoms with E-state index in [-0.39, 0.29) is 18.6 Å². The van der Waals surface area contributed by atoms with E-state index in [0.29, 0.717) is 0 Å². The van der Waals surface area contributed by atoms with Crippen molar-refractivity contribution in [3.63, 3.8) is 0 Å². The van der Waals surface area contributed by atoms with Crippen LogP contribution < -0.4 is 11.2 Å². The van der Waals surface area contributed by atoms with Gasteiger partial charge in [-0.05, 0) is 12.5 Å². The van der Waals surface area contributed by atoms with Crippen molar-refractivity contribution in [2.45, 2.75) is 75.3 Å². The number of ether oxygens (including phenoxy) is 4. The largest absolute Gasteiger partial charge is 0.463 e. The maximum Gasteiger partial charge on any atom is 0.330 e. The van der Waals surface area contributed by atoms with Crippen molar-refractivity contribution in [1.29, 1.82) is 0 Å². The zero-order valence-electron chi connectivity index (χ0n) is 19.6. The zero-order valence-corrected chi connectivity index (χ0v) is 19.6. The van der Waals surface area contributed by atoms with Gasteiger partial charge in [-0.1, -0.05) is 5.11 Å². The number of hydrogen-bond acceptors (Lipinski definition) is 13. The molecule has 3 unspecified atom stereocenters. The molecule has 0 aromatic carbocycles. The van der Waals surface area contributed by atoms with E-state index in [0.717, 1.165) is 4.57 Å². The van der Waals surface area contributed by atoms with Crippen LogP contribution in [0.1, 0.15) is 31.1 Å². The van der Waals surface area contributed by atoms with E-state index in [1.54, 1.807) is 0 Å². The van der Waals surface area contributed by atoms with Gasteiger partial charge in [-0.3, -0.25) is 23.9 Å². The Balaban J connectivity index is 1.46. The summed E-state index contributed by atoms with van der Waals surface area (Å²) < 4.78 is 21.7. The quantitative estimate of drug-likeness (QED) is 0.0961. The number of esters is 2. The minimum absolute atomic E-state index is 0.0828. The van der Waals surface area contributed by atoms with Crippen LogP contribution in [0.25, 0.3) is 10.4 Å². The van der Waals surface area contributed by atoms with Crippen LogP contribution in [0.4, 0.5) is 0 Å². The summed E-state index contributed by atoms with van der Waals surface area (Å²) >= 11 is 0. The van der Waals surface area contributed by atoms with Gasteiger partial charge in [0.2, 0.25) is 0 Å². The van der Waals surface area contributed by atoms with Crippen LogP contribution in [-0.2, 0) is 28.5 Å². The Morgan fingerprint density at radius 1 is 1.08 bits per heavy atom. The Morgan fingerprint density at radius 3 is 2.32 bits per heavy atom. The van der Waals surface area contributed by atoms with Gasteiger partial charge in [0, 0.05) is 23.1 Å². The first-order valence-corrected chi connectivity index (χ1v) is 11.2. The van der Waals surface area contributed by atoms with Gasteiger partial charge in [-0.25, -0.2) is 4.79 Å². The van der Waals surface area contributed by atoms with Gasteiger partial charge in [-0.2, -0.15) is 0 Å². The van der Waals surface area contributed by atoms with Crippen molar-refractivity contribution >= 4 is 11.9 Å². The molecule has 2 aliphatic rings. The van der Waals surface area contributed by atoms with Gasteiger partial charge in [0.05, 0.1) is 18.9 Å². The number of rotatable bonds is 9. The summed E-state index contributed by atoms with van der Waals surface area (Å²) in [7, 11) is 0. The first-order valence-electron chi connectivity index (χ1n) is 11.2. The number of aromatic amines is 1. The molecule has 1 aromatic heterocycles. The highest BCUT2D eigenvalue weighted by molar-refractivity contribution is 5.77. The average Bonchev–Trinajstić information content (AvgIpc) is 3.26. The van der Waals surface area contributed by atoms with E-state index in [9.17, 15) is 39.6 Å². The fourth-order valence-electron chi connectivity index (χ4n) is 3.79. The number of carbonyl (C=O) groups is 2. The van der Waals surface area contributed by atoms with Crippen molar-refractivity contribution < 1.29 is 49.0 Å². The van der Waals surface area contributed by atoms with E-state index >= 15 is 0 Å². The Morgan fingerprint density at radius 2 is 1.70 bits per heavy atom. The zero-order chi connectivity index (χ0) is 27.3. The summed E-state index contributed by atoms with van der Waals surface area (Å²) in [4.78, 5) is 52.6. The smallest absolute Gasteiger partial charge is 0.330 e. The topological polar surface area (TPSA) is 256 Å². The molecular weight excluding hydrogens is 502 g/mol. The second-order valence-electron chi connectivity index (χ2n) is 8.52. The molecule has 8 atom stereocenters. The summed E-state index contributed by atoms with van der Waals surface area (Å²) in [6, 6.07) is -0.780. The number of aliphatic hydroxyl groups excluding tert-OH is 4. The lowest BCUT2D eigenvalue weighted by Gasteiger charge is -2.37. The highest BCUT2D eigenvalue weighted by Crippen LogP contribution is 2.30. The van der Waals surface area contributed by atoms with Crippen LogP contribution in [0.2, 0.25) is 0 Å². The van der Waals surface area contributed by atoms with E-state index in [2.05, 4.69) is 15.0 Å². The first kappa shape index (κ1) is 28.3. The molecule has 0 aliphatic carbocycles. The monoisotopic (exact) mass is 529 g/mol. The van der Waals surface area contributed by atoms with E-state index in [4.69, 9.17) is 24.5 Å². The van der Waals surface area contributed by atoms with Crippen molar-refractivity contribution in [1.82, 2.24) is 9.55 Å². The molecule has 2 aliphatic heterocycles. The van der Waals surface area contributed by atoms with Crippen LogP contribution in [0.5, 0.6) is 0 Å². The Bertz CT molecular complexity index is 1150. The molecule has 0 saturated carbocycles. The summed E-state index contributed by atoms with van der Waals surface area (Å²) in [5, 5.41) is 42.0. The van der Waals surface area contributed by atoms with Crippen LogP contribution in [-0.4, -0.2) is 98.0 Å². The van der Waals surface area contributed by atoms with Gasteiger partial charge in [0.1, 0.15) is 50.0 Å². The molecule has 1 aromatic rings. The number of aliphatic hydroxyl groups is 4. The number of hydrogen-bond donors (Lipinski definition) is 5. The maximum atomic E-state index is 12.1. The van der Waals surface area contributed by atoms with E-state index in [1.165, 1.54) is 13.1 Å². The minimum atomic E-state index is -1.78. The summed E-state index contributed by atoms with van der Waals surface area (Å²) in [6.45, 7) is 0.607. The number of nitrogens with one attached hydrogen (secondary N) is 1. The molecule has 3 rings (SSSR count). The molecule has 17 heteroatoms. The van der Waals surface area contributed by atoms with Crippen LogP contribution in [0.3, 0.4) is 0 Å². The normalized spacial score (nSPS) is 31.4. The van der Waals surface area contributed by atoms with Gasteiger partial charge in [0.25, 0.3) is 5.56 Å². The van der Waals surface area contributed by atoms with E-state index in [1.807, 2.05) is 0 Å². The molecule has 0 bridgehead atoms. The number of nitrogens with zero attached hydrogens (tertiary/aromatic N) is 4. The van der Waals surface area contributed by atoms with Crippen molar-refractivity contribution in [3.05, 3.63) is 43.0 Å². The number of aryl methyl sites for hydroxylation is 1. The summed E-state index contributed by atoms with van der Waals surface area (Å²) in [5.41, 5.74) is 7.82. The molecule has 2 fully saturated rings. The third-order valence-electron chi connectivity index (χ3n) is 5.90. The predicted octanol–water partition coefficient (Wildman–Crippen LogP) is -2.52. The Hall–Kier alpha value is -3.31. The van der Waals surface area contributed by atoms with Crippen LogP contribution in [0.15, 0.2) is 20.9 Å². The molecule has 0 spiro atoms. The van der Waals surface area contributed by atoms with Crippen molar-refractivity contribution in [3.8, 4) is 0 Å². The molecule has 0 amide bonds. The second kappa shape index (κ2) is 12.3. The number of azide groups is 1. The lowest BCUT2D eigenvalue weighted by molar-refractivity contribution is -0.287. The standard InChI is InChI=1S/C20H27N5O12/c1-8-5-25(20(33)22-18(8)31)12-4-9(23-24-21)10(36-12)6-34-13(26)2-3-14(27)35-7-11-15(28)16(29)17(30)19(32)37-11/h5,9-12,15-17,19,28-30,32H,2-4,6-7H2,1H3,(H,22,31,33)/t9?,10?,11-,12-,15+,16+,17-,19?/m1/s1. The van der Waals surface area contributed by atoms with Crippen molar-refractivity contribution in [2.75, 3.05) is 13.2 Å². The Labute approximate surface area is 207 Å². The third-order valence-corrected chi connectivity index (χ3v) is 5.90. The fourth-order valence-corrected chi connectivity index (χ4v) is 3.79. The number of carbonyl (C=O) groups excluding carboxylic acids is 2. The molecule has 0 radical (unpaired) electrons. The predicted molar refractivity (Wildman–Crippen MR) is 118 cm³/mol. The highest BCUT2D eigenvalue weighted by atomic mass is 16.7. The van der Waals surface area contributed by atoms with Gasteiger partial charge < -0.3 is 39.4 Å². The summed E-state index contributed by atoms with van der Waals surface area (Å²) in [5.74, 6) is -1.66. The van der Waals surface area contributed by atoms with Gasteiger partial charge in [-0.15, -0.1) is 0 Å². The van der Waals surface area contributed by atoms with Crippen molar-refractivity contribution in [2.24, 2.45) is 5.11 Å². The second-order valence-corrected chi connectivity index (χ2v) is 8.52. The SMILES string of the molecule is Cc1cn([C@H]2CC(N=[N+]=[N-])C(COC(=O)CCC(=O)OC[C@H]3OC(O)[C@H](O)[C@@H](O)[C@H]3O)O2)c(=O)[nH]c1=O.